The summed E-state index contributed by atoms with van der Waals surface area (Å²) in [5.74, 6) is -0.868. The van der Waals surface area contributed by atoms with Gasteiger partial charge in [0, 0.05) is 54.1 Å². The van der Waals surface area contributed by atoms with Crippen molar-refractivity contribution in [2.24, 2.45) is 0 Å². The van der Waals surface area contributed by atoms with E-state index in [1.807, 2.05) is 48.5 Å². The van der Waals surface area contributed by atoms with Crippen molar-refractivity contribution in [2.45, 2.75) is 12.8 Å². The number of carbonyl (C=O) groups is 4. The maximum Gasteiger partial charge on any atom is 0.252 e. The molecule has 0 spiro atoms. The maximum atomic E-state index is 13.2. The van der Waals surface area contributed by atoms with E-state index in [1.54, 1.807) is 36.4 Å². The van der Waals surface area contributed by atoms with Gasteiger partial charge in [0.25, 0.3) is 11.8 Å². The molecule has 5 aromatic rings. The SMILES string of the molecule is O=C(NCCCOCCOCCOCCCNC(=O)c1c2ccccc2cc2ccccc12)c1ccc2c(c1)C(=O)c1ccccc1C2=O. The van der Waals surface area contributed by atoms with E-state index in [0.29, 0.717) is 93.4 Å². The highest BCUT2D eigenvalue weighted by Crippen LogP contribution is 2.29. The van der Waals surface area contributed by atoms with E-state index >= 15 is 0 Å². The Labute approximate surface area is 284 Å². The van der Waals surface area contributed by atoms with Crippen molar-refractivity contribution < 1.29 is 33.4 Å². The van der Waals surface area contributed by atoms with E-state index in [9.17, 15) is 19.2 Å². The highest BCUT2D eigenvalue weighted by atomic mass is 16.5. The molecule has 0 saturated carbocycles. The third-order valence-electron chi connectivity index (χ3n) is 8.43. The highest BCUT2D eigenvalue weighted by molar-refractivity contribution is 6.28. The van der Waals surface area contributed by atoms with Crippen LogP contribution < -0.4 is 10.6 Å². The number of hydrogen-bond donors (Lipinski definition) is 2. The Morgan fingerprint density at radius 3 is 1.55 bits per heavy atom. The topological polar surface area (TPSA) is 120 Å². The van der Waals surface area contributed by atoms with Crippen molar-refractivity contribution in [1.29, 1.82) is 0 Å². The van der Waals surface area contributed by atoms with Crippen molar-refractivity contribution in [3.05, 3.63) is 130 Å². The molecule has 9 heteroatoms. The van der Waals surface area contributed by atoms with Crippen LogP contribution in [0.1, 0.15) is 65.4 Å². The number of hydrogen-bond acceptors (Lipinski definition) is 7. The van der Waals surface area contributed by atoms with Crippen LogP contribution in [0.25, 0.3) is 21.5 Å². The fraction of sp³-hybridized carbons (Fsp3) is 0.250. The summed E-state index contributed by atoms with van der Waals surface area (Å²) in [4.78, 5) is 51.5. The Kier molecular flexibility index (Phi) is 11.2. The van der Waals surface area contributed by atoms with E-state index in [4.69, 9.17) is 14.2 Å². The van der Waals surface area contributed by atoms with Crippen LogP contribution in [-0.2, 0) is 14.2 Å². The molecule has 2 amide bonds. The molecule has 9 nitrogen and oxygen atoms in total. The van der Waals surface area contributed by atoms with Crippen molar-refractivity contribution in [3.8, 4) is 0 Å². The quantitative estimate of drug-likeness (QED) is 0.100. The average Bonchev–Trinajstić information content (AvgIpc) is 3.14. The first-order valence-corrected chi connectivity index (χ1v) is 16.6. The smallest absolute Gasteiger partial charge is 0.252 e. The number of carbonyl (C=O) groups excluding carboxylic acids is 4. The zero-order chi connectivity index (χ0) is 34.0. The summed E-state index contributed by atoms with van der Waals surface area (Å²) in [6.45, 7) is 3.61. The van der Waals surface area contributed by atoms with E-state index < -0.39 is 0 Å². The van der Waals surface area contributed by atoms with Crippen LogP contribution in [0.5, 0.6) is 0 Å². The van der Waals surface area contributed by atoms with Gasteiger partial charge in [-0.2, -0.15) is 0 Å². The number of amides is 2. The lowest BCUT2D eigenvalue weighted by Gasteiger charge is -2.18. The zero-order valence-electron chi connectivity index (χ0n) is 27.2. The molecule has 2 N–H and O–H groups in total. The van der Waals surface area contributed by atoms with Gasteiger partial charge in [-0.25, -0.2) is 0 Å². The first-order chi connectivity index (χ1) is 24.0. The Bertz CT molecular complexity index is 1950. The summed E-state index contributed by atoms with van der Waals surface area (Å²) in [5, 5.41) is 9.84. The van der Waals surface area contributed by atoms with E-state index in [0.717, 1.165) is 21.5 Å². The predicted molar refractivity (Wildman–Crippen MR) is 188 cm³/mol. The monoisotopic (exact) mass is 658 g/mol. The van der Waals surface area contributed by atoms with Gasteiger partial charge < -0.3 is 24.8 Å². The van der Waals surface area contributed by atoms with Crippen LogP contribution in [0.15, 0.2) is 97.1 Å². The van der Waals surface area contributed by atoms with Crippen LogP contribution in [0.4, 0.5) is 0 Å². The zero-order valence-corrected chi connectivity index (χ0v) is 27.2. The van der Waals surface area contributed by atoms with E-state index in [1.165, 1.54) is 6.07 Å². The normalized spacial score (nSPS) is 12.2. The Morgan fingerprint density at radius 2 is 0.959 bits per heavy atom. The number of nitrogens with one attached hydrogen (secondary N) is 2. The molecule has 0 fully saturated rings. The lowest BCUT2D eigenvalue weighted by molar-refractivity contribution is 0.0139. The minimum atomic E-state index is -0.314. The molecular weight excluding hydrogens is 620 g/mol. The van der Waals surface area contributed by atoms with Crippen LogP contribution >= 0.6 is 0 Å². The van der Waals surface area contributed by atoms with Gasteiger partial charge in [0.1, 0.15) is 0 Å². The van der Waals surface area contributed by atoms with Gasteiger partial charge in [0.2, 0.25) is 0 Å². The molecule has 0 heterocycles. The Morgan fingerprint density at radius 1 is 0.490 bits per heavy atom. The van der Waals surface area contributed by atoms with E-state index in [-0.39, 0.29) is 28.9 Å². The third kappa shape index (κ3) is 7.92. The molecule has 0 radical (unpaired) electrons. The molecule has 0 unspecified atom stereocenters. The number of ketones is 2. The fourth-order valence-corrected chi connectivity index (χ4v) is 5.98. The second-order valence-electron chi connectivity index (χ2n) is 11.7. The maximum absolute atomic E-state index is 13.2. The summed E-state index contributed by atoms with van der Waals surface area (Å²) in [7, 11) is 0. The molecule has 0 atom stereocenters. The van der Waals surface area contributed by atoms with Gasteiger partial charge in [0.15, 0.2) is 11.6 Å². The van der Waals surface area contributed by atoms with Crippen LogP contribution in [0.2, 0.25) is 0 Å². The molecule has 0 saturated heterocycles. The minimum Gasteiger partial charge on any atom is -0.379 e. The number of benzene rings is 5. The summed E-state index contributed by atoms with van der Waals surface area (Å²) in [6, 6.07) is 29.3. The molecule has 0 aliphatic heterocycles. The molecule has 0 bridgehead atoms. The number of ether oxygens (including phenoxy) is 3. The van der Waals surface area contributed by atoms with Gasteiger partial charge in [-0.3, -0.25) is 19.2 Å². The molecule has 49 heavy (non-hydrogen) atoms. The van der Waals surface area contributed by atoms with E-state index in [2.05, 4.69) is 16.7 Å². The number of rotatable bonds is 16. The summed E-state index contributed by atoms with van der Waals surface area (Å²) < 4.78 is 16.8. The lowest BCUT2D eigenvalue weighted by Crippen LogP contribution is -2.27. The van der Waals surface area contributed by atoms with Gasteiger partial charge in [-0.1, -0.05) is 72.8 Å². The fourth-order valence-electron chi connectivity index (χ4n) is 5.98. The van der Waals surface area contributed by atoms with Crippen LogP contribution in [0.3, 0.4) is 0 Å². The number of fused-ring (bicyclic) bond motifs is 4. The summed E-state index contributed by atoms with van der Waals surface area (Å²) in [5.41, 5.74) is 2.34. The van der Waals surface area contributed by atoms with Crippen LogP contribution in [-0.4, -0.2) is 76.1 Å². The molecule has 5 aromatic carbocycles. The van der Waals surface area contributed by atoms with Gasteiger partial charge >= 0.3 is 0 Å². The molecule has 1 aliphatic rings. The molecule has 6 rings (SSSR count). The molecule has 0 aromatic heterocycles. The first-order valence-electron chi connectivity index (χ1n) is 16.6. The molecular formula is C40H38N2O7. The summed E-state index contributed by atoms with van der Waals surface area (Å²) >= 11 is 0. The average molecular weight is 659 g/mol. The van der Waals surface area contributed by atoms with Crippen molar-refractivity contribution in [3.63, 3.8) is 0 Å². The predicted octanol–water partition coefficient (Wildman–Crippen LogP) is 5.76. The second-order valence-corrected chi connectivity index (χ2v) is 11.7. The third-order valence-corrected chi connectivity index (χ3v) is 8.43. The van der Waals surface area contributed by atoms with Crippen LogP contribution in [0, 0.1) is 0 Å². The standard InChI is InChI=1S/C40H38N2O7/c43-37-32-13-5-6-14-33(32)38(44)35-26-29(15-16-34(35)37)39(45)41-17-7-19-47-21-23-49-24-22-48-20-8-18-42-40(46)36-30-11-3-1-9-27(30)25-28-10-2-4-12-31(28)36/h1-6,9-16,25-26H,7-8,17-24H2,(H,41,45)(H,42,46). The Balaban J connectivity index is 0.797. The highest BCUT2D eigenvalue weighted by Gasteiger charge is 2.29. The Hall–Kier alpha value is -5.22. The first kappa shape index (κ1) is 33.7. The van der Waals surface area contributed by atoms with Crippen molar-refractivity contribution in [2.75, 3.05) is 52.7 Å². The van der Waals surface area contributed by atoms with Gasteiger partial charge in [-0.15, -0.1) is 0 Å². The molecule has 250 valence electrons. The van der Waals surface area contributed by atoms with Gasteiger partial charge in [0.05, 0.1) is 32.0 Å². The molecule has 1 aliphatic carbocycles. The van der Waals surface area contributed by atoms with Crippen molar-refractivity contribution >= 4 is 44.9 Å². The largest absolute Gasteiger partial charge is 0.379 e. The van der Waals surface area contributed by atoms with Crippen molar-refractivity contribution in [1.82, 2.24) is 10.6 Å². The second kappa shape index (κ2) is 16.3. The minimum absolute atomic E-state index is 0.0867. The van der Waals surface area contributed by atoms with Gasteiger partial charge in [-0.05, 0) is 58.7 Å². The summed E-state index contributed by atoms with van der Waals surface area (Å²) in [6.07, 6.45) is 1.30. The lowest BCUT2D eigenvalue weighted by atomic mass is 9.83.